The lowest BCUT2D eigenvalue weighted by Crippen LogP contribution is -2.26. The minimum absolute atomic E-state index is 0.489. The fraction of sp³-hybridized carbons (Fsp3) is 0.412. The molecule has 0 fully saturated rings. The molecule has 20 heavy (non-hydrogen) atoms. The summed E-state index contributed by atoms with van der Waals surface area (Å²) in [4.78, 5) is 2.34. The standard InChI is InChI=1S/C17H24N2O/c1-4-19(13-16-9-7-11-20-16)17-10-6-5-8-15(17)12-18-14(2)3/h5-11,14,18H,4,12-13H2,1-3H3. The number of hydrogen-bond acceptors (Lipinski definition) is 3. The molecule has 0 unspecified atom stereocenters. The van der Waals surface area contributed by atoms with Gasteiger partial charge in [-0.2, -0.15) is 0 Å². The Balaban J connectivity index is 2.16. The zero-order chi connectivity index (χ0) is 14.4. The summed E-state index contributed by atoms with van der Waals surface area (Å²) in [6.07, 6.45) is 1.73. The van der Waals surface area contributed by atoms with E-state index in [1.165, 1.54) is 11.3 Å². The highest BCUT2D eigenvalue weighted by Gasteiger charge is 2.11. The van der Waals surface area contributed by atoms with E-state index in [1.807, 2.05) is 12.1 Å². The van der Waals surface area contributed by atoms with Crippen molar-refractivity contribution < 1.29 is 4.42 Å². The van der Waals surface area contributed by atoms with Crippen LogP contribution in [-0.4, -0.2) is 12.6 Å². The number of nitrogens with zero attached hydrogens (tertiary/aromatic N) is 1. The Morgan fingerprint density at radius 3 is 2.60 bits per heavy atom. The van der Waals surface area contributed by atoms with Crippen LogP contribution in [0.1, 0.15) is 32.1 Å². The van der Waals surface area contributed by atoms with Gasteiger partial charge in [0.1, 0.15) is 5.76 Å². The molecular weight excluding hydrogens is 248 g/mol. The molecule has 0 radical (unpaired) electrons. The minimum atomic E-state index is 0.489. The Morgan fingerprint density at radius 2 is 1.95 bits per heavy atom. The van der Waals surface area contributed by atoms with Crippen LogP contribution in [0.15, 0.2) is 47.1 Å². The number of benzene rings is 1. The van der Waals surface area contributed by atoms with Gasteiger partial charge in [-0.15, -0.1) is 0 Å². The summed E-state index contributed by atoms with van der Waals surface area (Å²) >= 11 is 0. The van der Waals surface area contributed by atoms with Crippen LogP contribution < -0.4 is 10.2 Å². The smallest absolute Gasteiger partial charge is 0.123 e. The molecule has 2 aromatic rings. The molecule has 0 amide bonds. The van der Waals surface area contributed by atoms with Gasteiger partial charge in [0.2, 0.25) is 0 Å². The molecule has 1 N–H and O–H groups in total. The number of nitrogens with one attached hydrogen (secondary N) is 1. The molecule has 0 bridgehead atoms. The van der Waals surface area contributed by atoms with Gasteiger partial charge in [0, 0.05) is 24.8 Å². The quantitative estimate of drug-likeness (QED) is 0.831. The molecule has 3 heteroatoms. The Morgan fingerprint density at radius 1 is 1.15 bits per heavy atom. The van der Waals surface area contributed by atoms with Crippen molar-refractivity contribution in [3.8, 4) is 0 Å². The molecule has 108 valence electrons. The normalized spacial score (nSPS) is 11.0. The van der Waals surface area contributed by atoms with Crippen LogP contribution in [0.4, 0.5) is 5.69 Å². The van der Waals surface area contributed by atoms with Gasteiger partial charge in [0.25, 0.3) is 0 Å². The molecule has 1 aromatic heterocycles. The van der Waals surface area contributed by atoms with Gasteiger partial charge in [-0.1, -0.05) is 32.0 Å². The van der Waals surface area contributed by atoms with Gasteiger partial charge in [-0.3, -0.25) is 0 Å². The lowest BCUT2D eigenvalue weighted by Gasteiger charge is -2.25. The Hall–Kier alpha value is -1.74. The van der Waals surface area contributed by atoms with Crippen molar-refractivity contribution in [1.82, 2.24) is 5.32 Å². The first kappa shape index (κ1) is 14.7. The van der Waals surface area contributed by atoms with Gasteiger partial charge < -0.3 is 14.6 Å². The zero-order valence-corrected chi connectivity index (χ0v) is 12.6. The number of anilines is 1. The van der Waals surface area contributed by atoms with Crippen LogP contribution in [0.25, 0.3) is 0 Å². The first-order valence-electron chi connectivity index (χ1n) is 7.29. The molecule has 1 aromatic carbocycles. The van der Waals surface area contributed by atoms with E-state index in [0.717, 1.165) is 25.4 Å². The van der Waals surface area contributed by atoms with Crippen molar-refractivity contribution in [2.75, 3.05) is 11.4 Å². The van der Waals surface area contributed by atoms with E-state index in [1.54, 1.807) is 6.26 Å². The number of para-hydroxylation sites is 1. The van der Waals surface area contributed by atoms with Crippen molar-refractivity contribution in [1.29, 1.82) is 0 Å². The lowest BCUT2D eigenvalue weighted by molar-refractivity contribution is 0.503. The van der Waals surface area contributed by atoms with Crippen molar-refractivity contribution in [2.24, 2.45) is 0 Å². The van der Waals surface area contributed by atoms with E-state index in [9.17, 15) is 0 Å². The van der Waals surface area contributed by atoms with Gasteiger partial charge in [-0.05, 0) is 30.7 Å². The van der Waals surface area contributed by atoms with Crippen LogP contribution in [0.2, 0.25) is 0 Å². The van der Waals surface area contributed by atoms with Crippen LogP contribution in [0.3, 0.4) is 0 Å². The topological polar surface area (TPSA) is 28.4 Å². The van der Waals surface area contributed by atoms with Crippen LogP contribution >= 0.6 is 0 Å². The molecule has 2 rings (SSSR count). The minimum Gasteiger partial charge on any atom is -0.467 e. The average Bonchev–Trinajstić information content (AvgIpc) is 2.96. The van der Waals surface area contributed by atoms with E-state index in [-0.39, 0.29) is 0 Å². The first-order valence-corrected chi connectivity index (χ1v) is 7.29. The van der Waals surface area contributed by atoms with Crippen LogP contribution in [0.5, 0.6) is 0 Å². The summed E-state index contributed by atoms with van der Waals surface area (Å²) in [6.45, 7) is 9.17. The third-order valence-corrected chi connectivity index (χ3v) is 3.34. The SMILES string of the molecule is CCN(Cc1ccco1)c1ccccc1CNC(C)C. The monoisotopic (exact) mass is 272 g/mol. The fourth-order valence-electron chi connectivity index (χ4n) is 2.24. The highest BCUT2D eigenvalue weighted by Crippen LogP contribution is 2.22. The molecule has 0 aliphatic carbocycles. The third kappa shape index (κ3) is 3.87. The second-order valence-corrected chi connectivity index (χ2v) is 5.26. The molecule has 0 aliphatic rings. The highest BCUT2D eigenvalue weighted by atomic mass is 16.3. The second kappa shape index (κ2) is 7.15. The number of hydrogen-bond donors (Lipinski definition) is 1. The summed E-state index contributed by atoms with van der Waals surface area (Å²) in [5, 5.41) is 3.49. The summed E-state index contributed by atoms with van der Waals surface area (Å²) in [5.41, 5.74) is 2.61. The molecular formula is C17H24N2O. The van der Waals surface area contributed by atoms with E-state index < -0.39 is 0 Å². The Labute approximate surface area is 121 Å². The van der Waals surface area contributed by atoms with E-state index in [0.29, 0.717) is 6.04 Å². The Kier molecular flexibility index (Phi) is 5.24. The molecule has 1 heterocycles. The number of rotatable bonds is 7. The molecule has 0 spiro atoms. The van der Waals surface area contributed by atoms with E-state index in [4.69, 9.17) is 4.42 Å². The fourth-order valence-corrected chi connectivity index (χ4v) is 2.24. The summed E-state index contributed by atoms with van der Waals surface area (Å²) in [7, 11) is 0. The summed E-state index contributed by atoms with van der Waals surface area (Å²) < 4.78 is 5.47. The molecule has 0 atom stereocenters. The Bertz CT molecular complexity index is 505. The van der Waals surface area contributed by atoms with Crippen LogP contribution in [0, 0.1) is 0 Å². The second-order valence-electron chi connectivity index (χ2n) is 5.26. The molecule has 0 saturated heterocycles. The van der Waals surface area contributed by atoms with Gasteiger partial charge in [0.05, 0.1) is 12.8 Å². The maximum atomic E-state index is 5.47. The highest BCUT2D eigenvalue weighted by molar-refractivity contribution is 5.53. The molecule has 0 aliphatic heterocycles. The maximum Gasteiger partial charge on any atom is 0.123 e. The predicted octanol–water partition coefficient (Wildman–Crippen LogP) is 3.80. The summed E-state index contributed by atoms with van der Waals surface area (Å²) in [6, 6.07) is 13.0. The van der Waals surface area contributed by atoms with E-state index in [2.05, 4.69) is 55.3 Å². The lowest BCUT2D eigenvalue weighted by atomic mass is 10.1. The third-order valence-electron chi connectivity index (χ3n) is 3.34. The average molecular weight is 272 g/mol. The van der Waals surface area contributed by atoms with Crippen molar-refractivity contribution in [2.45, 2.75) is 39.9 Å². The maximum absolute atomic E-state index is 5.47. The summed E-state index contributed by atoms with van der Waals surface area (Å²) in [5.74, 6) is 0.999. The van der Waals surface area contributed by atoms with Crippen LogP contribution in [-0.2, 0) is 13.1 Å². The molecule has 3 nitrogen and oxygen atoms in total. The predicted molar refractivity (Wildman–Crippen MR) is 83.8 cm³/mol. The van der Waals surface area contributed by atoms with Gasteiger partial charge in [-0.25, -0.2) is 0 Å². The van der Waals surface area contributed by atoms with Crippen molar-refractivity contribution in [3.05, 3.63) is 54.0 Å². The van der Waals surface area contributed by atoms with Gasteiger partial charge >= 0.3 is 0 Å². The first-order chi connectivity index (χ1) is 9.70. The van der Waals surface area contributed by atoms with Crippen molar-refractivity contribution in [3.63, 3.8) is 0 Å². The van der Waals surface area contributed by atoms with Crippen molar-refractivity contribution >= 4 is 5.69 Å². The van der Waals surface area contributed by atoms with Gasteiger partial charge in [0.15, 0.2) is 0 Å². The number of furan rings is 1. The van der Waals surface area contributed by atoms with E-state index >= 15 is 0 Å². The largest absolute Gasteiger partial charge is 0.467 e. The molecule has 0 saturated carbocycles. The zero-order valence-electron chi connectivity index (χ0n) is 12.6.